The molecule has 0 aliphatic rings. The molecule has 0 radical (unpaired) electrons. The first kappa shape index (κ1) is 37.0. The summed E-state index contributed by atoms with van der Waals surface area (Å²) in [6.45, 7) is 3.01. The average molecular weight is 608 g/mol. The fourth-order valence-corrected chi connectivity index (χ4v) is 5.47. The summed E-state index contributed by atoms with van der Waals surface area (Å²) in [5, 5.41) is 2.75. The second-order valence-corrected chi connectivity index (χ2v) is 11.8. The Morgan fingerprint density at radius 1 is 0.682 bits per heavy atom. The van der Waals surface area contributed by atoms with Gasteiger partial charge in [-0.2, -0.15) is 0 Å². The molecule has 0 saturated carbocycles. The van der Waals surface area contributed by atoms with Gasteiger partial charge in [-0.15, -0.1) is 0 Å². The van der Waals surface area contributed by atoms with E-state index in [9.17, 15) is 14.4 Å². The molecule has 3 amide bonds. The van der Waals surface area contributed by atoms with Crippen LogP contribution >= 0.6 is 0 Å². The molecule has 0 spiro atoms. The van der Waals surface area contributed by atoms with Gasteiger partial charge in [-0.25, -0.2) is 5.48 Å². The third kappa shape index (κ3) is 16.6. The normalized spacial score (nSPS) is 11.6. The fraction of sp³-hybridized carbons (Fsp3) is 0.595. The molecule has 7 heteroatoms. The molecule has 2 aromatic carbocycles. The summed E-state index contributed by atoms with van der Waals surface area (Å²) in [5.41, 5.74) is 4.37. The van der Waals surface area contributed by atoms with Gasteiger partial charge in [0.05, 0.1) is 6.61 Å². The van der Waals surface area contributed by atoms with Crippen LogP contribution in [0.1, 0.15) is 121 Å². The van der Waals surface area contributed by atoms with E-state index in [0.717, 1.165) is 30.4 Å². The van der Waals surface area contributed by atoms with Crippen molar-refractivity contribution in [3.8, 4) is 0 Å². The maximum absolute atomic E-state index is 13.5. The van der Waals surface area contributed by atoms with Crippen molar-refractivity contribution in [2.24, 2.45) is 0 Å². The van der Waals surface area contributed by atoms with Gasteiger partial charge in [-0.05, 0) is 17.5 Å². The Hall–Kier alpha value is -3.19. The van der Waals surface area contributed by atoms with Gasteiger partial charge in [0.2, 0.25) is 17.7 Å². The third-order valence-electron chi connectivity index (χ3n) is 8.10. The van der Waals surface area contributed by atoms with Gasteiger partial charge in [0.25, 0.3) is 0 Å². The number of likely N-dealkylation sites (N-methyl/N-ethyl adjacent to an activating group) is 1. The van der Waals surface area contributed by atoms with E-state index in [1.807, 2.05) is 60.7 Å². The van der Waals surface area contributed by atoms with E-state index in [2.05, 4.69) is 17.7 Å². The number of rotatable bonds is 25. The molecule has 0 aromatic heterocycles. The molecule has 0 saturated heterocycles. The standard InChI is InChI=1S/C37H57N3O4/c1-3-4-5-6-7-8-9-10-11-12-13-14-15-22-29-40(34(37(43)38-2)30-32-23-18-16-19-24-32)36(42)28-27-35(41)39-44-31-33-25-20-17-21-26-33/h16-21,23-26,34H,3-15,22,27-31H2,1-2H3,(H,38,43)(H,39,41). The fourth-order valence-electron chi connectivity index (χ4n) is 5.47. The number of unbranched alkanes of at least 4 members (excludes halogenated alkanes) is 13. The summed E-state index contributed by atoms with van der Waals surface area (Å²) < 4.78 is 0. The summed E-state index contributed by atoms with van der Waals surface area (Å²) >= 11 is 0. The number of carbonyl (C=O) groups excluding carboxylic acids is 3. The number of hydrogen-bond acceptors (Lipinski definition) is 4. The number of carbonyl (C=O) groups is 3. The molecule has 0 heterocycles. The Bertz CT molecular complexity index is 1030. The van der Waals surface area contributed by atoms with Crippen LogP contribution in [0.4, 0.5) is 0 Å². The second kappa shape index (κ2) is 24.2. The zero-order valence-electron chi connectivity index (χ0n) is 27.4. The van der Waals surface area contributed by atoms with Gasteiger partial charge in [0.1, 0.15) is 6.04 Å². The lowest BCUT2D eigenvalue weighted by Gasteiger charge is -2.31. The van der Waals surface area contributed by atoms with E-state index in [0.29, 0.717) is 13.0 Å². The van der Waals surface area contributed by atoms with Crippen LogP contribution in [0, 0.1) is 0 Å². The molecular weight excluding hydrogens is 550 g/mol. The predicted octanol–water partition coefficient (Wildman–Crippen LogP) is 7.68. The van der Waals surface area contributed by atoms with Crippen molar-refractivity contribution in [3.63, 3.8) is 0 Å². The van der Waals surface area contributed by atoms with Gasteiger partial charge in [-0.1, -0.05) is 151 Å². The Labute approximate surface area is 266 Å². The zero-order valence-corrected chi connectivity index (χ0v) is 27.4. The molecular formula is C37H57N3O4. The molecule has 0 fully saturated rings. The Morgan fingerprint density at radius 3 is 1.70 bits per heavy atom. The van der Waals surface area contributed by atoms with Crippen LogP contribution in [-0.2, 0) is 32.2 Å². The minimum absolute atomic E-state index is 0.00529. The average Bonchev–Trinajstić information content (AvgIpc) is 3.05. The molecule has 2 aromatic rings. The highest BCUT2D eigenvalue weighted by Gasteiger charge is 2.29. The van der Waals surface area contributed by atoms with Gasteiger partial charge >= 0.3 is 0 Å². The molecule has 2 N–H and O–H groups in total. The summed E-state index contributed by atoms with van der Waals surface area (Å²) in [7, 11) is 1.60. The van der Waals surface area contributed by atoms with E-state index in [1.165, 1.54) is 70.6 Å². The van der Waals surface area contributed by atoms with Crippen LogP contribution in [0.2, 0.25) is 0 Å². The molecule has 0 aliphatic carbocycles. The number of hydroxylamine groups is 1. The quantitative estimate of drug-likeness (QED) is 0.0895. The molecule has 1 unspecified atom stereocenters. The smallest absolute Gasteiger partial charge is 0.244 e. The Morgan fingerprint density at radius 2 is 1.18 bits per heavy atom. The lowest BCUT2D eigenvalue weighted by molar-refractivity contribution is -0.143. The van der Waals surface area contributed by atoms with E-state index >= 15 is 0 Å². The number of hydrogen-bond donors (Lipinski definition) is 2. The van der Waals surface area contributed by atoms with E-state index in [4.69, 9.17) is 4.84 Å². The van der Waals surface area contributed by atoms with Crippen LogP contribution in [-0.4, -0.2) is 42.3 Å². The molecule has 0 bridgehead atoms. The van der Waals surface area contributed by atoms with Crippen molar-refractivity contribution < 1.29 is 19.2 Å². The van der Waals surface area contributed by atoms with Crippen LogP contribution in [0.25, 0.3) is 0 Å². The molecule has 2 rings (SSSR count). The second-order valence-electron chi connectivity index (χ2n) is 11.8. The maximum Gasteiger partial charge on any atom is 0.244 e. The first-order valence-corrected chi connectivity index (χ1v) is 17.0. The van der Waals surface area contributed by atoms with Crippen LogP contribution < -0.4 is 10.8 Å². The number of amides is 3. The molecule has 1 atom stereocenters. The number of nitrogens with one attached hydrogen (secondary N) is 2. The summed E-state index contributed by atoms with van der Waals surface area (Å²) in [6.07, 6.45) is 18.0. The molecule has 0 aliphatic heterocycles. The minimum atomic E-state index is -0.630. The molecule has 44 heavy (non-hydrogen) atoms. The maximum atomic E-state index is 13.5. The zero-order chi connectivity index (χ0) is 31.7. The topological polar surface area (TPSA) is 87.7 Å². The summed E-state index contributed by atoms with van der Waals surface area (Å²) in [4.78, 5) is 45.9. The van der Waals surface area contributed by atoms with E-state index in [-0.39, 0.29) is 37.2 Å². The van der Waals surface area contributed by atoms with Crippen molar-refractivity contribution in [1.82, 2.24) is 15.7 Å². The summed E-state index contributed by atoms with van der Waals surface area (Å²) in [6, 6.07) is 18.7. The highest BCUT2D eigenvalue weighted by atomic mass is 16.6. The SMILES string of the molecule is CCCCCCCCCCCCCCCCN(C(=O)CCC(=O)NOCc1ccccc1)C(Cc1ccccc1)C(=O)NC. The van der Waals surface area contributed by atoms with Gasteiger partial charge in [-0.3, -0.25) is 19.2 Å². The van der Waals surface area contributed by atoms with Gasteiger partial charge in [0.15, 0.2) is 0 Å². The highest BCUT2D eigenvalue weighted by molar-refractivity contribution is 5.89. The first-order valence-electron chi connectivity index (χ1n) is 17.0. The van der Waals surface area contributed by atoms with Crippen LogP contribution in [0.3, 0.4) is 0 Å². The third-order valence-corrected chi connectivity index (χ3v) is 8.10. The number of nitrogens with zero attached hydrogens (tertiary/aromatic N) is 1. The van der Waals surface area contributed by atoms with Crippen molar-refractivity contribution in [2.75, 3.05) is 13.6 Å². The lowest BCUT2D eigenvalue weighted by atomic mass is 10.0. The van der Waals surface area contributed by atoms with Crippen LogP contribution in [0.15, 0.2) is 60.7 Å². The number of benzene rings is 2. The Kier molecular flexibility index (Phi) is 20.3. The lowest BCUT2D eigenvalue weighted by Crippen LogP contribution is -2.50. The van der Waals surface area contributed by atoms with Crippen molar-refractivity contribution in [3.05, 3.63) is 71.8 Å². The van der Waals surface area contributed by atoms with E-state index < -0.39 is 6.04 Å². The largest absolute Gasteiger partial charge is 0.357 e. The van der Waals surface area contributed by atoms with Crippen LogP contribution in [0.5, 0.6) is 0 Å². The first-order chi connectivity index (χ1) is 21.5. The van der Waals surface area contributed by atoms with E-state index in [1.54, 1.807) is 11.9 Å². The van der Waals surface area contributed by atoms with Gasteiger partial charge < -0.3 is 10.2 Å². The van der Waals surface area contributed by atoms with Crippen molar-refractivity contribution in [1.29, 1.82) is 0 Å². The predicted molar refractivity (Wildman–Crippen MR) is 179 cm³/mol. The summed E-state index contributed by atoms with van der Waals surface area (Å²) in [5.74, 6) is -0.740. The monoisotopic (exact) mass is 607 g/mol. The molecule has 7 nitrogen and oxygen atoms in total. The minimum Gasteiger partial charge on any atom is -0.357 e. The Balaban J connectivity index is 1.80. The molecule has 244 valence electrons. The highest BCUT2D eigenvalue weighted by Crippen LogP contribution is 2.16. The van der Waals surface area contributed by atoms with Crippen molar-refractivity contribution in [2.45, 2.75) is 129 Å². The van der Waals surface area contributed by atoms with Crippen molar-refractivity contribution >= 4 is 17.7 Å². The van der Waals surface area contributed by atoms with Gasteiger partial charge in [0, 0.05) is 32.9 Å².